The van der Waals surface area contributed by atoms with E-state index >= 15 is 0 Å². The summed E-state index contributed by atoms with van der Waals surface area (Å²) >= 11 is 1.78. The third-order valence-electron chi connectivity index (χ3n) is 27.7. The second kappa shape index (κ2) is 43.6. The summed E-state index contributed by atoms with van der Waals surface area (Å²) in [5.41, 5.74) is 22.8. The third kappa shape index (κ3) is 20.5. The first-order valence-corrected chi connectivity index (χ1v) is 46.6. The van der Waals surface area contributed by atoms with Crippen molar-refractivity contribution in [3.8, 4) is 0 Å². The van der Waals surface area contributed by atoms with Gasteiger partial charge in [0.1, 0.15) is 37.7 Å². The average molecular weight is 1700 g/mol. The van der Waals surface area contributed by atoms with Gasteiger partial charge in [-0.25, -0.2) is 0 Å². The molecule has 0 radical (unpaired) electrons. The van der Waals surface area contributed by atoms with E-state index in [4.69, 9.17) is 17.7 Å². The number of aliphatic carboxylic acids is 1. The minimum Gasteiger partial charge on any atom is -0.481 e. The molecule has 4 saturated carbocycles. The van der Waals surface area contributed by atoms with Gasteiger partial charge in [-0.15, -0.1) is 30.9 Å². The Hall–Kier alpha value is -8.98. The van der Waals surface area contributed by atoms with Crippen LogP contribution in [0.2, 0.25) is 0 Å². The summed E-state index contributed by atoms with van der Waals surface area (Å²) in [5, 5.41) is 8.85. The fourth-order valence-electron chi connectivity index (χ4n) is 21.7. The van der Waals surface area contributed by atoms with Gasteiger partial charge in [0.2, 0.25) is 0 Å². The minimum absolute atomic E-state index is 0. The number of carbonyl (C=O) groups excluding carboxylic acids is 6. The van der Waals surface area contributed by atoms with Gasteiger partial charge in [-0.1, -0.05) is 117 Å². The van der Waals surface area contributed by atoms with Crippen LogP contribution in [-0.2, 0) is 20.8 Å². The molecule has 0 spiro atoms. The van der Waals surface area contributed by atoms with Gasteiger partial charge in [0.15, 0.2) is 0 Å². The van der Waals surface area contributed by atoms with Crippen LogP contribution in [-0.4, -0.2) is 130 Å². The molecule has 8 aromatic rings. The fourth-order valence-corrected chi connectivity index (χ4v) is 22.2. The molecule has 0 bridgehead atoms. The molecule has 1 N–H and O–H groups in total. The summed E-state index contributed by atoms with van der Waals surface area (Å²) in [6, 6.07) is 59.0. The van der Waals surface area contributed by atoms with Crippen LogP contribution in [0.1, 0.15) is 309 Å². The number of para-hydroxylation sites is 1. The maximum absolute atomic E-state index is 11.1. The molecule has 17 nitrogen and oxygen atoms in total. The zero-order valence-electron chi connectivity index (χ0n) is 73.2. The molecule has 4 aliphatic carbocycles. The quantitative estimate of drug-likeness (QED) is 0.0273. The molecule has 10 aliphatic rings. The van der Waals surface area contributed by atoms with Crippen molar-refractivity contribution >= 4 is 112 Å². The topological polar surface area (TPSA) is 210 Å². The largest absolute Gasteiger partial charge is 1.00 e. The van der Waals surface area contributed by atoms with Gasteiger partial charge < -0.3 is 41.4 Å². The van der Waals surface area contributed by atoms with E-state index < -0.39 is 16.6 Å². The maximum atomic E-state index is 11.1. The maximum Gasteiger partial charge on any atom is 1.00 e. The number of fused-ring (bicyclic) bond motifs is 14. The number of hydrogen-bond donors (Lipinski definition) is 1. The molecular weight excluding hydrogens is 1570 g/mol. The van der Waals surface area contributed by atoms with E-state index in [1.807, 2.05) is 48.5 Å². The number of nitrogens with zero attached hydrogens (tertiary/aromatic N) is 6. The van der Waals surface area contributed by atoms with E-state index in [1.165, 1.54) is 188 Å². The average Bonchev–Trinajstić information content (AvgIpc) is 1.61. The zero-order chi connectivity index (χ0) is 86.2. The molecule has 640 valence electrons. The van der Waals surface area contributed by atoms with E-state index in [0.29, 0.717) is 71.9 Å². The van der Waals surface area contributed by atoms with Crippen LogP contribution in [0, 0.1) is 12.8 Å². The van der Waals surface area contributed by atoms with Crippen LogP contribution in [0.5, 0.6) is 0 Å². The van der Waals surface area contributed by atoms with Crippen LogP contribution in [0.15, 0.2) is 169 Å². The van der Waals surface area contributed by atoms with Crippen molar-refractivity contribution in [2.75, 3.05) is 61.8 Å². The van der Waals surface area contributed by atoms with Gasteiger partial charge in [0.05, 0.1) is 6.42 Å². The van der Waals surface area contributed by atoms with Crippen molar-refractivity contribution in [2.24, 2.45) is 5.92 Å². The number of benzene rings is 8. The monoisotopic (exact) mass is 1690 g/mol. The normalized spacial score (nSPS) is 22.4. The summed E-state index contributed by atoms with van der Waals surface area (Å²) in [7, 11) is -3.11. The van der Waals surface area contributed by atoms with Crippen molar-refractivity contribution in [2.45, 2.75) is 260 Å². The van der Waals surface area contributed by atoms with Gasteiger partial charge in [-0.2, -0.15) is 0 Å². The van der Waals surface area contributed by atoms with E-state index in [0.717, 1.165) is 109 Å². The van der Waals surface area contributed by atoms with Crippen molar-refractivity contribution in [3.63, 3.8) is 0 Å². The van der Waals surface area contributed by atoms with Crippen LogP contribution >= 0.6 is 11.8 Å². The van der Waals surface area contributed by atoms with Gasteiger partial charge in [0, 0.05) is 175 Å². The van der Waals surface area contributed by atoms with E-state index in [-0.39, 0.29) is 47.4 Å². The number of carboxylic acid groups (broad SMARTS) is 1. The molecule has 8 aromatic carbocycles. The van der Waals surface area contributed by atoms with Gasteiger partial charge in [0.25, 0.3) is 0 Å². The molecule has 12 atom stereocenters. The summed E-state index contributed by atoms with van der Waals surface area (Å²) in [4.78, 5) is 92.7. The van der Waals surface area contributed by atoms with Gasteiger partial charge in [-0.3, -0.25) is 33.6 Å². The molecule has 122 heavy (non-hydrogen) atoms. The second-order valence-electron chi connectivity index (χ2n) is 34.8. The van der Waals surface area contributed by atoms with Crippen LogP contribution in [0.25, 0.3) is 0 Å². The summed E-state index contributed by atoms with van der Waals surface area (Å²) in [6.45, 7) is 25.4. The number of carbonyl (C=O) groups is 7. The zero-order valence-corrected chi connectivity index (χ0v) is 76.8. The predicted octanol–water partition coefficient (Wildman–Crippen LogP) is 19.7. The van der Waals surface area contributed by atoms with E-state index in [2.05, 4.69) is 207 Å². The van der Waals surface area contributed by atoms with E-state index in [9.17, 15) is 33.6 Å². The molecule has 6 heterocycles. The van der Waals surface area contributed by atoms with Gasteiger partial charge >= 0.3 is 46.1 Å². The third-order valence-corrected chi connectivity index (χ3v) is 28.5. The summed E-state index contributed by atoms with van der Waals surface area (Å²) < 4.78 is 25.3. The van der Waals surface area contributed by atoms with Crippen LogP contribution in [0.3, 0.4) is 0 Å². The SMILES string of the molecule is CC1N(CCC(=O)O)c2ccc(C=O)cc2C1(C)C.CCCC1c2cc(C=O)ccc2N(c2ccccc2)C1C.CCCCC(CC)CN1c2ccc(C=O)cc2C2CCCC21.CCCN1c2ccc(C=O)cc2C2CCCC21.CSc1cccc(N2c3ccc(C=O)cc3C3CCCC32)c1.O=S(=O)=O.[CH2-]CN1c2ccc(C=O)cc2C2CCCC21.[Na+]. The Labute approximate surface area is 751 Å². The van der Waals surface area contributed by atoms with Crippen LogP contribution < -0.4 is 59.0 Å². The first-order valence-electron chi connectivity index (χ1n) is 44.3. The molecule has 0 saturated heterocycles. The first kappa shape index (κ1) is 93.7. The number of thioether (sulfide) groups is 1. The summed E-state index contributed by atoms with van der Waals surface area (Å²) in [5.74, 6) is 3.06. The second-order valence-corrected chi connectivity index (χ2v) is 36.1. The fraction of sp³-hybridized carbons (Fsp3) is 0.451. The van der Waals surface area contributed by atoms with Crippen molar-refractivity contribution in [1.29, 1.82) is 0 Å². The van der Waals surface area contributed by atoms with Crippen molar-refractivity contribution < 1.29 is 80.9 Å². The number of carboxylic acids is 1. The van der Waals surface area contributed by atoms with Crippen molar-refractivity contribution in [1.82, 2.24) is 0 Å². The standard InChI is InChI=1S/C20H29NO.C19H19NOS.C19H21NO.C15H19NO3.C15H19NO.C14H16NO.Na.O3S/c1-3-5-7-15(4-2)13-21-19-9-6-8-17(19)18-12-16(14-22)10-11-20(18)21;1-22-15-5-2-4-14(11-15)20-18-7-3-6-16(18)17-10-13(12-21)8-9-19(17)20;1-3-7-17-14(2)20(16-8-5-4-6-9-16)19-11-10-15(13-21)12-18(17)19;1-10-15(2,3)12-8-11(9-17)4-5-13(12)16(10)7-6-14(18)19;1-2-8-16-14-5-3-4-12(14)13-9-11(10-17)6-7-15(13)16;1-2-15-13-5-3-4-11(13)12-8-10(9-16)6-7-14(12)15;;1-4(2)3/h10-12,14-15,17,19H,3-9,13H2,1-2H3;2,4-5,8-12,16,18H,3,6-7H2,1H3;4-6,8-14,17H,3,7H2,1-2H3;4-5,8-10H,6-7H2,1-3H3,(H,18,19);6-7,9-10,12,14H,2-5,8H2,1H3;6-9,11,13H,1-5H2;;/q;;;;;-1;+1;. The molecular formula is C102H123N6NaO11S2. The number of hydrogen-bond acceptors (Lipinski definition) is 17. The minimum atomic E-state index is -3.11. The van der Waals surface area contributed by atoms with E-state index in [1.54, 1.807) is 17.8 Å². The molecule has 0 aromatic heterocycles. The van der Waals surface area contributed by atoms with Gasteiger partial charge in [-0.05, 0) is 270 Å². The Morgan fingerprint density at radius 3 is 1.38 bits per heavy atom. The number of anilines is 8. The Balaban J connectivity index is 0.000000142. The molecule has 4 fully saturated rings. The Morgan fingerprint density at radius 2 is 0.910 bits per heavy atom. The number of rotatable bonds is 23. The van der Waals surface area contributed by atoms with Crippen LogP contribution in [0.4, 0.5) is 45.5 Å². The molecule has 6 aliphatic heterocycles. The number of aldehydes is 6. The number of unbranched alkanes of at least 4 members (excludes halogenated alkanes) is 1. The smallest absolute Gasteiger partial charge is 0.481 e. The molecule has 0 amide bonds. The molecule has 12 unspecified atom stereocenters. The molecule has 20 heteroatoms. The predicted molar refractivity (Wildman–Crippen MR) is 491 cm³/mol. The van der Waals surface area contributed by atoms with Crippen molar-refractivity contribution in [3.05, 3.63) is 237 Å². The summed E-state index contributed by atoms with van der Waals surface area (Å²) in [6.07, 6.45) is 32.1. The first-order chi connectivity index (χ1) is 58.6. The Kier molecular flexibility index (Phi) is 33.5. The Bertz CT molecular complexity index is 5080. The Morgan fingerprint density at radius 1 is 0.484 bits per heavy atom. The molecule has 18 rings (SSSR count).